The number of Topliss-reactive ketones (excluding diaryl/α,β-unsaturated/α-hetero) is 1. The fourth-order valence-electron chi connectivity index (χ4n) is 3.09. The van der Waals surface area contributed by atoms with Crippen molar-refractivity contribution in [3.05, 3.63) is 101 Å². The van der Waals surface area contributed by atoms with Crippen LogP contribution in [-0.2, 0) is 0 Å². The third-order valence-electron chi connectivity index (χ3n) is 4.06. The van der Waals surface area contributed by atoms with Gasteiger partial charge in [0.1, 0.15) is 5.76 Å². The fourth-order valence-corrected chi connectivity index (χ4v) is 3.09. The molecule has 1 aromatic heterocycles. The average molecular weight is 286 g/mol. The maximum absolute atomic E-state index is 12.8. The zero-order valence-corrected chi connectivity index (χ0v) is 11.9. The average Bonchev–Trinajstić information content (AvgIpc) is 3.17. The van der Waals surface area contributed by atoms with Crippen molar-refractivity contribution in [1.82, 2.24) is 0 Å². The van der Waals surface area contributed by atoms with Gasteiger partial charge in [0, 0.05) is 17.1 Å². The van der Waals surface area contributed by atoms with E-state index in [4.69, 9.17) is 4.42 Å². The summed E-state index contributed by atoms with van der Waals surface area (Å²) < 4.78 is 5.40. The number of hydrogen-bond donors (Lipinski definition) is 0. The third-order valence-corrected chi connectivity index (χ3v) is 4.06. The molecule has 3 aromatic rings. The molecule has 0 radical (unpaired) electrons. The Bertz CT molecular complexity index is 842. The van der Waals surface area contributed by atoms with Crippen LogP contribution < -0.4 is 0 Å². The van der Waals surface area contributed by atoms with E-state index in [1.165, 1.54) is 0 Å². The van der Waals surface area contributed by atoms with Gasteiger partial charge in [0.25, 0.3) is 0 Å². The lowest BCUT2D eigenvalue weighted by Crippen LogP contribution is -2.02. The van der Waals surface area contributed by atoms with Crippen LogP contribution in [0.25, 0.3) is 6.08 Å². The first-order valence-corrected chi connectivity index (χ1v) is 7.28. The van der Waals surface area contributed by atoms with Crippen molar-refractivity contribution in [2.24, 2.45) is 0 Å². The van der Waals surface area contributed by atoms with Crippen molar-refractivity contribution < 1.29 is 9.21 Å². The Balaban J connectivity index is 1.92. The monoisotopic (exact) mass is 286 g/mol. The van der Waals surface area contributed by atoms with Gasteiger partial charge >= 0.3 is 0 Å². The summed E-state index contributed by atoms with van der Waals surface area (Å²) in [5.41, 5.74) is 3.74. The van der Waals surface area contributed by atoms with Crippen molar-refractivity contribution in [3.8, 4) is 0 Å². The van der Waals surface area contributed by atoms with Crippen LogP contribution in [0.5, 0.6) is 0 Å². The molecule has 106 valence electrons. The van der Waals surface area contributed by atoms with Crippen LogP contribution in [0.1, 0.15) is 33.2 Å². The molecule has 1 atom stereocenters. The SMILES string of the molecule is O=C1C(=Cc2ccco2)[C@@H](c2ccccc2)c2ccccc21. The van der Waals surface area contributed by atoms with Crippen LogP contribution in [0.3, 0.4) is 0 Å². The Hall–Kier alpha value is -2.87. The lowest BCUT2D eigenvalue weighted by Gasteiger charge is -2.13. The number of carbonyl (C=O) groups is 1. The third kappa shape index (κ3) is 2.01. The molecule has 0 saturated carbocycles. The van der Waals surface area contributed by atoms with Crippen molar-refractivity contribution in [2.45, 2.75) is 5.92 Å². The molecule has 0 saturated heterocycles. The topological polar surface area (TPSA) is 30.2 Å². The van der Waals surface area contributed by atoms with E-state index in [0.717, 1.165) is 22.3 Å². The summed E-state index contributed by atoms with van der Waals surface area (Å²) in [7, 11) is 0. The van der Waals surface area contributed by atoms with Gasteiger partial charge in [-0.2, -0.15) is 0 Å². The predicted octanol–water partition coefficient (Wildman–Crippen LogP) is 4.69. The molecule has 1 heterocycles. The highest BCUT2D eigenvalue weighted by molar-refractivity contribution is 6.17. The highest BCUT2D eigenvalue weighted by atomic mass is 16.3. The van der Waals surface area contributed by atoms with Crippen molar-refractivity contribution in [1.29, 1.82) is 0 Å². The van der Waals surface area contributed by atoms with Crippen LogP contribution in [0, 0.1) is 0 Å². The van der Waals surface area contributed by atoms with Gasteiger partial charge < -0.3 is 4.42 Å². The molecule has 0 spiro atoms. The number of hydrogen-bond acceptors (Lipinski definition) is 2. The van der Waals surface area contributed by atoms with Gasteiger partial charge in [0.2, 0.25) is 0 Å². The molecule has 4 rings (SSSR count). The van der Waals surface area contributed by atoms with E-state index in [1.807, 2.05) is 60.7 Å². The lowest BCUT2D eigenvalue weighted by molar-refractivity contribution is 0.103. The van der Waals surface area contributed by atoms with Gasteiger partial charge in [-0.25, -0.2) is 0 Å². The highest BCUT2D eigenvalue weighted by Gasteiger charge is 2.35. The van der Waals surface area contributed by atoms with E-state index in [9.17, 15) is 4.79 Å². The highest BCUT2D eigenvalue weighted by Crippen LogP contribution is 2.42. The number of furan rings is 1. The second-order valence-electron chi connectivity index (χ2n) is 5.38. The first-order valence-electron chi connectivity index (χ1n) is 7.28. The standard InChI is InChI=1S/C20H14O2/c21-20-17-11-5-4-10-16(17)19(14-7-2-1-3-8-14)18(20)13-15-9-6-12-22-15/h1-13,19H/t19-/m0/s1. The van der Waals surface area contributed by atoms with E-state index in [0.29, 0.717) is 5.76 Å². The van der Waals surface area contributed by atoms with Gasteiger partial charge in [-0.3, -0.25) is 4.79 Å². The van der Waals surface area contributed by atoms with Crippen LogP contribution in [0.2, 0.25) is 0 Å². The molecule has 0 amide bonds. The molecule has 1 aliphatic rings. The molecule has 0 fully saturated rings. The molecular weight excluding hydrogens is 272 g/mol. The summed E-state index contributed by atoms with van der Waals surface area (Å²) in [4.78, 5) is 12.8. The number of carbonyl (C=O) groups excluding carboxylic acids is 1. The molecule has 2 aromatic carbocycles. The molecule has 2 heteroatoms. The minimum atomic E-state index is -0.0324. The number of benzene rings is 2. The van der Waals surface area contributed by atoms with E-state index >= 15 is 0 Å². The van der Waals surface area contributed by atoms with Gasteiger partial charge in [-0.05, 0) is 29.3 Å². The van der Waals surface area contributed by atoms with Crippen LogP contribution in [-0.4, -0.2) is 5.78 Å². The summed E-state index contributed by atoms with van der Waals surface area (Å²) in [6.07, 6.45) is 3.48. The Labute approximate surface area is 128 Å². The van der Waals surface area contributed by atoms with Crippen molar-refractivity contribution in [2.75, 3.05) is 0 Å². The van der Waals surface area contributed by atoms with Gasteiger partial charge in [0.05, 0.1) is 6.26 Å². The summed E-state index contributed by atoms with van der Waals surface area (Å²) in [5, 5.41) is 0. The molecular formula is C20H14O2. The molecule has 22 heavy (non-hydrogen) atoms. The molecule has 0 bridgehead atoms. The number of rotatable bonds is 2. The van der Waals surface area contributed by atoms with Crippen LogP contribution in [0.4, 0.5) is 0 Å². The van der Waals surface area contributed by atoms with E-state index in [2.05, 4.69) is 12.1 Å². The predicted molar refractivity (Wildman–Crippen MR) is 85.7 cm³/mol. The Morgan fingerprint density at radius 1 is 0.864 bits per heavy atom. The second-order valence-corrected chi connectivity index (χ2v) is 5.38. The zero-order valence-electron chi connectivity index (χ0n) is 11.9. The molecule has 2 nitrogen and oxygen atoms in total. The van der Waals surface area contributed by atoms with Gasteiger partial charge in [-0.1, -0.05) is 54.6 Å². The minimum Gasteiger partial charge on any atom is -0.465 e. The van der Waals surface area contributed by atoms with Crippen LogP contribution >= 0.6 is 0 Å². The maximum atomic E-state index is 12.8. The summed E-state index contributed by atoms with van der Waals surface area (Å²) >= 11 is 0. The molecule has 0 aliphatic heterocycles. The molecule has 0 N–H and O–H groups in total. The largest absolute Gasteiger partial charge is 0.465 e. The smallest absolute Gasteiger partial charge is 0.190 e. The lowest BCUT2D eigenvalue weighted by atomic mass is 9.89. The first kappa shape index (κ1) is 12.8. The zero-order chi connectivity index (χ0) is 14.9. The minimum absolute atomic E-state index is 0.0324. The van der Waals surface area contributed by atoms with E-state index < -0.39 is 0 Å². The van der Waals surface area contributed by atoms with Gasteiger partial charge in [0.15, 0.2) is 5.78 Å². The summed E-state index contributed by atoms with van der Waals surface area (Å²) in [6.45, 7) is 0. The second kappa shape index (κ2) is 5.15. The number of fused-ring (bicyclic) bond motifs is 1. The quantitative estimate of drug-likeness (QED) is 0.640. The van der Waals surface area contributed by atoms with Crippen LogP contribution in [0.15, 0.2) is 83.0 Å². The van der Waals surface area contributed by atoms with E-state index in [1.54, 1.807) is 6.26 Å². The number of allylic oxidation sites excluding steroid dienone is 1. The summed E-state index contributed by atoms with van der Waals surface area (Å²) in [6, 6.07) is 21.7. The Morgan fingerprint density at radius 2 is 1.64 bits per heavy atom. The Morgan fingerprint density at radius 3 is 2.41 bits per heavy atom. The maximum Gasteiger partial charge on any atom is 0.190 e. The Kier molecular flexibility index (Phi) is 3.01. The fraction of sp³-hybridized carbons (Fsp3) is 0.0500. The molecule has 0 unspecified atom stereocenters. The first-order chi connectivity index (χ1) is 10.8. The van der Waals surface area contributed by atoms with Crippen molar-refractivity contribution in [3.63, 3.8) is 0 Å². The van der Waals surface area contributed by atoms with Gasteiger partial charge in [-0.15, -0.1) is 0 Å². The normalized spacial score (nSPS) is 18.6. The van der Waals surface area contributed by atoms with Crippen molar-refractivity contribution >= 4 is 11.9 Å². The molecule has 1 aliphatic carbocycles. The van der Waals surface area contributed by atoms with E-state index in [-0.39, 0.29) is 11.7 Å². The summed E-state index contributed by atoms with van der Waals surface area (Å²) in [5.74, 6) is 0.757. The number of ketones is 1.